The molecule has 2 heterocycles. The number of fused-ring (bicyclic) bond motifs is 2. The summed E-state index contributed by atoms with van der Waals surface area (Å²) in [5, 5.41) is 12.5. The predicted molar refractivity (Wildman–Crippen MR) is 146 cm³/mol. The summed E-state index contributed by atoms with van der Waals surface area (Å²) in [6.45, 7) is 5.85. The zero-order valence-electron chi connectivity index (χ0n) is 21.1. The van der Waals surface area contributed by atoms with E-state index in [1.807, 2.05) is 43.0 Å². The summed E-state index contributed by atoms with van der Waals surface area (Å²) in [7, 11) is -4.41. The van der Waals surface area contributed by atoms with Crippen LogP contribution in [0, 0.1) is 25.2 Å². The third kappa shape index (κ3) is 6.54. The molecule has 12 heteroatoms. The van der Waals surface area contributed by atoms with Crippen molar-refractivity contribution >= 4 is 69.7 Å². The van der Waals surface area contributed by atoms with Crippen molar-refractivity contribution in [3.8, 4) is 6.07 Å². The molecule has 0 unspecified atom stereocenters. The molecule has 9 nitrogen and oxygen atoms in total. The first-order chi connectivity index (χ1) is 17.9. The van der Waals surface area contributed by atoms with Gasteiger partial charge < -0.3 is 0 Å². The average Bonchev–Trinajstić information content (AvgIpc) is 3.33. The monoisotopic (exact) mass is 618 g/mol. The Balaban J connectivity index is 1.75. The molecule has 198 valence electrons. The molecule has 0 spiro atoms. The number of amides is 2. The van der Waals surface area contributed by atoms with E-state index < -0.39 is 21.8 Å². The number of nitrogens with zero attached hydrogens (tertiary/aromatic N) is 3. The van der Waals surface area contributed by atoms with Gasteiger partial charge in [-0.1, -0.05) is 0 Å². The van der Waals surface area contributed by atoms with Gasteiger partial charge in [0, 0.05) is 0 Å². The van der Waals surface area contributed by atoms with E-state index >= 15 is 0 Å². The van der Waals surface area contributed by atoms with Crippen LogP contribution < -0.4 is 14.8 Å². The van der Waals surface area contributed by atoms with Crippen LogP contribution in [0.4, 0.5) is 5.69 Å². The van der Waals surface area contributed by atoms with Crippen molar-refractivity contribution in [1.82, 2.24) is 5.32 Å². The van der Waals surface area contributed by atoms with E-state index in [2.05, 4.69) is 22.0 Å². The van der Waals surface area contributed by atoms with E-state index in [0.717, 1.165) is 41.1 Å². The zero-order chi connectivity index (χ0) is 27.6. The normalized spacial score (nSPS) is 14.1. The first kappa shape index (κ1) is 28.1. The molecule has 0 fully saturated rings. The number of imide groups is 1. The molecule has 0 atom stereocenters. The minimum atomic E-state index is -4.41. The minimum absolute atomic E-state index is 0.0389. The number of carbonyl (C=O) groups excluding carboxylic acids is 2. The van der Waals surface area contributed by atoms with Crippen LogP contribution >= 0.6 is 11.8 Å². The third-order valence-corrected chi connectivity index (χ3v) is 10.2. The second-order valence-corrected chi connectivity index (χ2v) is 13.8. The van der Waals surface area contributed by atoms with Crippen LogP contribution in [0.3, 0.4) is 0 Å². The van der Waals surface area contributed by atoms with Crippen molar-refractivity contribution in [2.24, 2.45) is 0 Å². The average molecular weight is 618 g/mol. The van der Waals surface area contributed by atoms with Crippen molar-refractivity contribution in [2.45, 2.75) is 45.1 Å². The Kier molecular flexibility index (Phi) is 8.45. The Morgan fingerprint density at radius 3 is 2.66 bits per heavy atom. The molecule has 1 aromatic heterocycles. The van der Waals surface area contributed by atoms with E-state index in [1.54, 1.807) is 6.07 Å². The quantitative estimate of drug-likeness (QED) is 0.232. The molecular weight excluding hydrogens is 591 g/mol. The Morgan fingerprint density at radius 2 is 1.97 bits per heavy atom. The molecular formula is C26H26N4O5S2Se. The molecule has 0 saturated heterocycles. The number of benzene rings is 2. The fourth-order valence-corrected chi connectivity index (χ4v) is 8.26. The molecule has 1 aliphatic heterocycles. The van der Waals surface area contributed by atoms with E-state index in [4.69, 9.17) is 0 Å². The number of thioether (sulfide) groups is 1. The fourth-order valence-electron chi connectivity index (χ4n) is 4.17. The molecule has 3 aromatic rings. The number of aryl methyl sites for hydroxylation is 3. The Morgan fingerprint density at radius 1 is 1.24 bits per heavy atom. The van der Waals surface area contributed by atoms with Crippen LogP contribution in [0.15, 0.2) is 40.3 Å². The molecule has 38 heavy (non-hydrogen) atoms. The van der Waals surface area contributed by atoms with Crippen molar-refractivity contribution in [1.29, 1.82) is 5.26 Å². The summed E-state index contributed by atoms with van der Waals surface area (Å²) in [4.78, 5) is 26.1. The first-order valence-corrected chi connectivity index (χ1v) is 15.9. The van der Waals surface area contributed by atoms with Gasteiger partial charge in [0.1, 0.15) is 0 Å². The van der Waals surface area contributed by atoms with Gasteiger partial charge in [-0.3, -0.25) is 0 Å². The fraction of sp³-hybridized carbons (Fsp3) is 0.308. The van der Waals surface area contributed by atoms with Gasteiger partial charge in [-0.05, 0) is 0 Å². The van der Waals surface area contributed by atoms with Gasteiger partial charge in [0.15, 0.2) is 0 Å². The topological polar surface area (TPSA) is 134 Å². The molecule has 2 aromatic carbocycles. The van der Waals surface area contributed by atoms with Crippen LogP contribution in [0.1, 0.15) is 41.0 Å². The van der Waals surface area contributed by atoms with E-state index in [1.165, 1.54) is 18.7 Å². The van der Waals surface area contributed by atoms with Gasteiger partial charge in [-0.15, -0.1) is 0 Å². The van der Waals surface area contributed by atoms with Gasteiger partial charge in [0.2, 0.25) is 0 Å². The summed E-state index contributed by atoms with van der Waals surface area (Å²) in [6.07, 6.45) is 2.68. The van der Waals surface area contributed by atoms with Crippen LogP contribution in [0.25, 0.3) is 15.9 Å². The van der Waals surface area contributed by atoms with Gasteiger partial charge in [-0.25, -0.2) is 0 Å². The maximum atomic E-state index is 12.0. The second kappa shape index (κ2) is 11.4. The van der Waals surface area contributed by atoms with Gasteiger partial charge >= 0.3 is 232 Å². The van der Waals surface area contributed by atoms with E-state index in [-0.39, 0.29) is 33.4 Å². The molecule has 1 aliphatic rings. The first-order valence-electron chi connectivity index (χ1n) is 11.8. The van der Waals surface area contributed by atoms with Crippen molar-refractivity contribution < 1.29 is 27.1 Å². The molecule has 0 bridgehead atoms. The number of nitrogens with one attached hydrogen (secondary N) is 1. The zero-order valence-corrected chi connectivity index (χ0v) is 24.5. The maximum absolute atomic E-state index is 12.0. The third-order valence-electron chi connectivity index (χ3n) is 6.12. The van der Waals surface area contributed by atoms with Gasteiger partial charge in [0.05, 0.1) is 0 Å². The van der Waals surface area contributed by atoms with E-state index in [9.17, 15) is 27.8 Å². The van der Waals surface area contributed by atoms with E-state index in [0.29, 0.717) is 18.5 Å². The SMILES string of the molecule is CC(=O)NC(=O)CCC[n+]1c(C=C2Sc3cc(C)c(C)cc3N2CCS(=O)(=O)[O-])[se]c2ccc(C#N)cc21. The number of nitriles is 1. The molecule has 0 aliphatic carbocycles. The summed E-state index contributed by atoms with van der Waals surface area (Å²) in [5.74, 6) is -1.26. The van der Waals surface area contributed by atoms with Crippen LogP contribution in [-0.2, 0) is 26.3 Å². The Hall–Kier alpha value is -2.94. The molecule has 1 N–H and O–H groups in total. The second-order valence-electron chi connectivity index (χ2n) is 9.00. The number of anilines is 1. The molecule has 0 saturated carbocycles. The van der Waals surface area contributed by atoms with Crippen molar-refractivity contribution in [3.63, 3.8) is 0 Å². The van der Waals surface area contributed by atoms with Gasteiger partial charge in [-0.2, -0.15) is 0 Å². The molecule has 4 rings (SSSR count). The Bertz CT molecular complexity index is 1620. The number of carbonyl (C=O) groups is 2. The Labute approximate surface area is 231 Å². The van der Waals surface area contributed by atoms with Gasteiger partial charge in [0.25, 0.3) is 0 Å². The number of hydrogen-bond donors (Lipinski definition) is 1. The summed E-state index contributed by atoms with van der Waals surface area (Å²) in [5.41, 5.74) is 4.50. The summed E-state index contributed by atoms with van der Waals surface area (Å²) >= 11 is 1.43. The number of rotatable bonds is 8. The number of hydrogen-bond acceptors (Lipinski definition) is 8. The van der Waals surface area contributed by atoms with Crippen LogP contribution in [0.5, 0.6) is 0 Å². The van der Waals surface area contributed by atoms with Crippen LogP contribution in [0.2, 0.25) is 0 Å². The summed E-state index contributed by atoms with van der Waals surface area (Å²) in [6, 6.07) is 11.8. The molecule has 0 radical (unpaired) electrons. The number of aromatic nitrogens is 1. The summed E-state index contributed by atoms with van der Waals surface area (Å²) < 4.78 is 38.6. The van der Waals surface area contributed by atoms with Crippen molar-refractivity contribution in [3.05, 3.63) is 56.6 Å². The van der Waals surface area contributed by atoms with Crippen LogP contribution in [-0.4, -0.2) is 51.6 Å². The van der Waals surface area contributed by atoms with Crippen molar-refractivity contribution in [2.75, 3.05) is 17.2 Å². The predicted octanol–water partition coefficient (Wildman–Crippen LogP) is 2.57. The standard InChI is InChI=1S/C26H26N4O5S2Se/c1-16-11-20-22(12-17(16)2)36-25(29(20)9-10-37(33,34)35)14-26-30(8-4-5-24(32)28-18(3)31)21-13-19(15-27)6-7-23(21)38-26/h6-7,11-14H,4-5,8-10H2,1-3H3,(H-,28,31,32,33,34,35). The molecule has 2 amide bonds.